The van der Waals surface area contributed by atoms with Gasteiger partial charge in [0.05, 0.1) is 7.11 Å². The number of nitrogens with zero attached hydrogens (tertiary/aromatic N) is 1. The third-order valence-corrected chi connectivity index (χ3v) is 3.58. The molecular weight excluding hydrogens is 280 g/mol. The second-order valence-corrected chi connectivity index (χ2v) is 5.10. The molecule has 1 aliphatic rings. The Labute approximate surface area is 122 Å². The number of piperidine rings is 1. The van der Waals surface area contributed by atoms with Crippen LogP contribution in [0, 0.1) is 0 Å². The smallest absolute Gasteiger partial charge is 0.328 e. The Morgan fingerprint density at radius 2 is 2.00 bits per heavy atom. The third-order valence-electron chi connectivity index (χ3n) is 3.33. The van der Waals surface area contributed by atoms with Gasteiger partial charge < -0.3 is 15.0 Å². The number of amides is 2. The Kier molecular flexibility index (Phi) is 4.84. The number of hydrogen-bond acceptors (Lipinski definition) is 3. The first-order valence-corrected chi connectivity index (χ1v) is 6.90. The Hall–Kier alpha value is -1.75. The number of benzene rings is 1. The fraction of sp³-hybridized carbons (Fsp3) is 0.429. The fourth-order valence-corrected chi connectivity index (χ4v) is 2.41. The summed E-state index contributed by atoms with van der Waals surface area (Å²) in [7, 11) is 1.34. The van der Waals surface area contributed by atoms with Gasteiger partial charge in [0, 0.05) is 17.3 Å². The summed E-state index contributed by atoms with van der Waals surface area (Å²) in [6.45, 7) is 0.555. The van der Waals surface area contributed by atoms with E-state index in [2.05, 4.69) is 5.32 Å². The number of carbonyl (C=O) groups excluding carboxylic acids is 2. The summed E-state index contributed by atoms with van der Waals surface area (Å²) in [6.07, 6.45) is 2.45. The maximum absolute atomic E-state index is 12.3. The number of rotatable bonds is 2. The molecule has 0 unspecified atom stereocenters. The summed E-state index contributed by atoms with van der Waals surface area (Å²) >= 11 is 5.80. The SMILES string of the molecule is COC(=O)[C@H]1CCCCN1C(=O)Nc1ccc(Cl)cc1. The molecule has 1 aliphatic heterocycles. The molecule has 1 aromatic rings. The molecule has 1 N–H and O–H groups in total. The van der Waals surface area contributed by atoms with Crippen molar-refractivity contribution in [3.63, 3.8) is 0 Å². The lowest BCUT2D eigenvalue weighted by Gasteiger charge is -2.33. The molecule has 1 heterocycles. The predicted molar refractivity (Wildman–Crippen MR) is 76.8 cm³/mol. The molecule has 108 valence electrons. The lowest BCUT2D eigenvalue weighted by atomic mass is 10.0. The highest BCUT2D eigenvalue weighted by molar-refractivity contribution is 6.30. The average molecular weight is 297 g/mol. The molecule has 1 atom stereocenters. The van der Waals surface area contributed by atoms with Gasteiger partial charge in [0.1, 0.15) is 6.04 Å². The van der Waals surface area contributed by atoms with Gasteiger partial charge in [-0.05, 0) is 43.5 Å². The lowest BCUT2D eigenvalue weighted by molar-refractivity contribution is -0.146. The number of halogens is 1. The number of nitrogens with one attached hydrogen (secondary N) is 1. The summed E-state index contributed by atoms with van der Waals surface area (Å²) < 4.78 is 4.76. The van der Waals surface area contributed by atoms with Crippen molar-refractivity contribution in [2.75, 3.05) is 19.0 Å². The van der Waals surface area contributed by atoms with E-state index < -0.39 is 6.04 Å². The van der Waals surface area contributed by atoms with E-state index >= 15 is 0 Å². The summed E-state index contributed by atoms with van der Waals surface area (Å²) in [6, 6.07) is 6.05. The van der Waals surface area contributed by atoms with Crippen molar-refractivity contribution < 1.29 is 14.3 Å². The molecule has 2 rings (SSSR count). The summed E-state index contributed by atoms with van der Waals surface area (Å²) in [5.41, 5.74) is 0.647. The van der Waals surface area contributed by atoms with Crippen molar-refractivity contribution in [2.45, 2.75) is 25.3 Å². The first-order valence-electron chi connectivity index (χ1n) is 6.53. The van der Waals surface area contributed by atoms with Crippen LogP contribution in [0.4, 0.5) is 10.5 Å². The van der Waals surface area contributed by atoms with Gasteiger partial charge in [-0.2, -0.15) is 0 Å². The van der Waals surface area contributed by atoms with Gasteiger partial charge in [-0.25, -0.2) is 9.59 Å². The zero-order valence-electron chi connectivity index (χ0n) is 11.3. The summed E-state index contributed by atoms with van der Waals surface area (Å²) in [5.74, 6) is -0.365. The van der Waals surface area contributed by atoms with Crippen LogP contribution in [0.5, 0.6) is 0 Å². The van der Waals surface area contributed by atoms with Crippen LogP contribution in [-0.2, 0) is 9.53 Å². The van der Waals surface area contributed by atoms with E-state index in [0.717, 1.165) is 12.8 Å². The zero-order chi connectivity index (χ0) is 14.5. The van der Waals surface area contributed by atoms with Gasteiger partial charge in [-0.15, -0.1) is 0 Å². The summed E-state index contributed by atoms with van der Waals surface area (Å²) in [5, 5.41) is 3.37. The van der Waals surface area contributed by atoms with Crippen molar-refractivity contribution in [1.82, 2.24) is 4.90 Å². The van der Waals surface area contributed by atoms with E-state index in [-0.39, 0.29) is 12.0 Å². The van der Waals surface area contributed by atoms with E-state index in [4.69, 9.17) is 16.3 Å². The molecule has 0 saturated carbocycles. The quantitative estimate of drug-likeness (QED) is 0.854. The van der Waals surface area contributed by atoms with Gasteiger partial charge in [0.2, 0.25) is 0 Å². The molecule has 0 bridgehead atoms. The number of methoxy groups -OCH3 is 1. The number of hydrogen-bond donors (Lipinski definition) is 1. The Morgan fingerprint density at radius 1 is 1.30 bits per heavy atom. The van der Waals surface area contributed by atoms with Crippen molar-refractivity contribution in [3.05, 3.63) is 29.3 Å². The second kappa shape index (κ2) is 6.61. The van der Waals surface area contributed by atoms with Crippen molar-refractivity contribution in [2.24, 2.45) is 0 Å². The van der Waals surface area contributed by atoms with E-state index in [9.17, 15) is 9.59 Å². The van der Waals surface area contributed by atoms with Crippen LogP contribution in [0.15, 0.2) is 24.3 Å². The maximum Gasteiger partial charge on any atom is 0.328 e. The molecule has 0 radical (unpaired) electrons. The summed E-state index contributed by atoms with van der Waals surface area (Å²) in [4.78, 5) is 25.5. The molecule has 1 fully saturated rings. The number of esters is 1. The topological polar surface area (TPSA) is 58.6 Å². The molecule has 20 heavy (non-hydrogen) atoms. The van der Waals surface area contributed by atoms with Crippen LogP contribution in [0.25, 0.3) is 0 Å². The predicted octanol–water partition coefficient (Wildman–Crippen LogP) is 2.90. The lowest BCUT2D eigenvalue weighted by Crippen LogP contribution is -2.50. The Morgan fingerprint density at radius 3 is 2.65 bits per heavy atom. The van der Waals surface area contributed by atoms with Crippen molar-refractivity contribution in [1.29, 1.82) is 0 Å². The fourth-order valence-electron chi connectivity index (χ4n) is 2.28. The standard InChI is InChI=1S/C14H17ClN2O3/c1-20-13(18)12-4-2-3-9-17(12)14(19)16-11-7-5-10(15)6-8-11/h5-8,12H,2-4,9H2,1H3,(H,16,19)/t12-/m1/s1. The van der Waals surface area contributed by atoms with Crippen LogP contribution < -0.4 is 5.32 Å². The largest absolute Gasteiger partial charge is 0.467 e. The van der Waals surface area contributed by atoms with Crippen LogP contribution in [0.1, 0.15) is 19.3 Å². The minimum absolute atomic E-state index is 0.289. The molecule has 1 saturated heterocycles. The van der Waals surface area contributed by atoms with Crippen molar-refractivity contribution >= 4 is 29.3 Å². The highest BCUT2D eigenvalue weighted by atomic mass is 35.5. The van der Waals surface area contributed by atoms with Crippen LogP contribution >= 0.6 is 11.6 Å². The average Bonchev–Trinajstić information content (AvgIpc) is 2.48. The Bertz CT molecular complexity index is 490. The molecule has 2 amide bonds. The normalized spacial score (nSPS) is 18.5. The van der Waals surface area contributed by atoms with Crippen LogP contribution in [0.2, 0.25) is 5.02 Å². The van der Waals surface area contributed by atoms with Gasteiger partial charge in [-0.1, -0.05) is 11.6 Å². The molecule has 0 aliphatic carbocycles. The molecule has 0 aromatic heterocycles. The van der Waals surface area contributed by atoms with E-state index in [1.165, 1.54) is 12.0 Å². The first kappa shape index (κ1) is 14.7. The Balaban J connectivity index is 2.05. The number of urea groups is 1. The highest BCUT2D eigenvalue weighted by Crippen LogP contribution is 2.20. The zero-order valence-corrected chi connectivity index (χ0v) is 12.0. The number of ether oxygens (including phenoxy) is 1. The number of carbonyl (C=O) groups is 2. The van der Waals surface area contributed by atoms with Gasteiger partial charge in [0.15, 0.2) is 0 Å². The highest BCUT2D eigenvalue weighted by Gasteiger charge is 2.32. The first-order chi connectivity index (χ1) is 9.61. The van der Waals surface area contributed by atoms with Gasteiger partial charge >= 0.3 is 12.0 Å². The minimum atomic E-state index is -0.499. The molecule has 5 nitrogen and oxygen atoms in total. The van der Waals surface area contributed by atoms with Crippen LogP contribution in [-0.4, -0.2) is 36.6 Å². The third kappa shape index (κ3) is 3.42. The minimum Gasteiger partial charge on any atom is -0.467 e. The van der Waals surface area contributed by atoms with Gasteiger partial charge in [-0.3, -0.25) is 0 Å². The van der Waals surface area contributed by atoms with E-state index in [1.54, 1.807) is 24.3 Å². The van der Waals surface area contributed by atoms with E-state index in [0.29, 0.717) is 23.7 Å². The van der Waals surface area contributed by atoms with Crippen LogP contribution in [0.3, 0.4) is 0 Å². The molecule has 6 heteroatoms. The molecular formula is C14H17ClN2O3. The second-order valence-electron chi connectivity index (χ2n) is 4.67. The number of likely N-dealkylation sites (tertiary alicyclic amines) is 1. The molecule has 0 spiro atoms. The van der Waals surface area contributed by atoms with Crippen molar-refractivity contribution in [3.8, 4) is 0 Å². The van der Waals surface area contributed by atoms with E-state index in [1.807, 2.05) is 0 Å². The monoisotopic (exact) mass is 296 g/mol. The van der Waals surface area contributed by atoms with Gasteiger partial charge in [0.25, 0.3) is 0 Å². The molecule has 1 aromatic carbocycles. The maximum atomic E-state index is 12.3. The number of anilines is 1.